The van der Waals surface area contributed by atoms with Gasteiger partial charge >= 0.3 is 0 Å². The predicted molar refractivity (Wildman–Crippen MR) is 188 cm³/mol. The van der Waals surface area contributed by atoms with Crippen molar-refractivity contribution in [2.75, 3.05) is 9.80 Å². The first-order valence-corrected chi connectivity index (χ1v) is 15.8. The Morgan fingerprint density at radius 2 is 0.960 bits per heavy atom. The van der Waals surface area contributed by atoms with Gasteiger partial charge in [-0.3, -0.25) is 19.9 Å². The topological polar surface area (TPSA) is 162 Å². The Balaban J connectivity index is 1.36. The van der Waals surface area contributed by atoms with E-state index in [0.717, 1.165) is 28.2 Å². The number of hydrogen-bond acceptors (Lipinski definition) is 13. The summed E-state index contributed by atoms with van der Waals surface area (Å²) in [4.78, 5) is 36.6. The summed E-state index contributed by atoms with van der Waals surface area (Å²) in [5, 5.41) is 31.1. The Hall–Kier alpha value is -6.89. The molecule has 50 heavy (non-hydrogen) atoms. The lowest BCUT2D eigenvalue weighted by molar-refractivity contribution is 0.475. The van der Waals surface area contributed by atoms with Crippen LogP contribution in [0.1, 0.15) is 22.8 Å². The van der Waals surface area contributed by atoms with Crippen LogP contribution in [0.25, 0.3) is 10.8 Å². The third-order valence-electron chi connectivity index (χ3n) is 7.68. The molecule has 0 aliphatic carbocycles. The summed E-state index contributed by atoms with van der Waals surface area (Å²) < 4.78 is 0. The fraction of sp³-hybridized carbons (Fsp3) is 0.108. The van der Waals surface area contributed by atoms with Gasteiger partial charge in [0.15, 0.2) is 0 Å². The zero-order chi connectivity index (χ0) is 34.1. The van der Waals surface area contributed by atoms with Crippen LogP contribution >= 0.6 is 0 Å². The minimum atomic E-state index is -0.111. The number of phenolic OH excluding ortho intramolecular Hbond substituents is 2. The monoisotopic (exact) mass is 661 g/mol. The molecule has 7 rings (SSSR count). The summed E-state index contributed by atoms with van der Waals surface area (Å²) in [6, 6.07) is 31.0. The lowest BCUT2D eigenvalue weighted by Gasteiger charge is -2.26. The third kappa shape index (κ3) is 7.80. The Kier molecular flexibility index (Phi) is 9.45. The van der Waals surface area contributed by atoms with E-state index in [1.165, 1.54) is 12.1 Å². The largest absolute Gasteiger partial charge is 0.508 e. The lowest BCUT2D eigenvalue weighted by atomic mass is 10.1. The van der Waals surface area contributed by atoms with E-state index in [1.807, 2.05) is 82.6 Å². The van der Waals surface area contributed by atoms with E-state index in [9.17, 15) is 10.2 Å². The maximum absolute atomic E-state index is 10.8. The van der Waals surface area contributed by atoms with Gasteiger partial charge in [0.2, 0.25) is 11.9 Å². The van der Waals surface area contributed by atoms with Gasteiger partial charge in [0, 0.05) is 30.2 Å². The minimum absolute atomic E-state index is 0.000592. The van der Waals surface area contributed by atoms with Crippen LogP contribution in [0.4, 0.5) is 23.5 Å². The summed E-state index contributed by atoms with van der Waals surface area (Å²) in [6.07, 6.45) is 6.96. The number of phenols is 2. The summed E-state index contributed by atoms with van der Waals surface area (Å²) in [6.45, 7) is 1.45. The van der Waals surface area contributed by atoms with E-state index in [0.29, 0.717) is 43.5 Å². The van der Waals surface area contributed by atoms with Crippen molar-refractivity contribution >= 4 is 34.3 Å². The van der Waals surface area contributed by atoms with Crippen LogP contribution in [0.3, 0.4) is 0 Å². The average molecular weight is 662 g/mol. The molecule has 13 nitrogen and oxygen atoms in total. The molecule has 0 bridgehead atoms. The van der Waals surface area contributed by atoms with Crippen molar-refractivity contribution in [3.63, 3.8) is 0 Å². The number of pyridine rings is 4. The van der Waals surface area contributed by atoms with E-state index < -0.39 is 0 Å². The van der Waals surface area contributed by atoms with Gasteiger partial charge in [0.1, 0.15) is 17.2 Å². The van der Waals surface area contributed by atoms with Gasteiger partial charge < -0.3 is 20.0 Å². The van der Waals surface area contributed by atoms with E-state index in [1.54, 1.807) is 43.0 Å². The number of anilines is 2. The Morgan fingerprint density at radius 3 is 1.40 bits per heavy atom. The minimum Gasteiger partial charge on any atom is -0.508 e. The van der Waals surface area contributed by atoms with Crippen LogP contribution in [0, 0.1) is 0 Å². The average Bonchev–Trinajstić information content (AvgIpc) is 3.15. The number of aromatic hydroxyl groups is 2. The van der Waals surface area contributed by atoms with E-state index in [2.05, 4.69) is 30.2 Å². The second-order valence-electron chi connectivity index (χ2n) is 11.3. The fourth-order valence-corrected chi connectivity index (χ4v) is 5.29. The molecule has 5 aromatic heterocycles. The number of hydrogen-bond donors (Lipinski definition) is 2. The summed E-state index contributed by atoms with van der Waals surface area (Å²) in [5.74, 6) is 0.545. The molecule has 0 radical (unpaired) electrons. The zero-order valence-corrected chi connectivity index (χ0v) is 26.8. The van der Waals surface area contributed by atoms with Gasteiger partial charge in [0.05, 0.1) is 49.0 Å². The van der Waals surface area contributed by atoms with Crippen molar-refractivity contribution < 1.29 is 10.2 Å². The number of azo groups is 1. The number of benzene rings is 2. The first kappa shape index (κ1) is 31.7. The van der Waals surface area contributed by atoms with E-state index >= 15 is 0 Å². The highest BCUT2D eigenvalue weighted by Gasteiger charge is 2.21. The smallest absolute Gasteiger partial charge is 0.275 e. The molecule has 0 aliphatic heterocycles. The molecule has 0 unspecified atom stereocenters. The van der Waals surface area contributed by atoms with Crippen LogP contribution in [0.5, 0.6) is 11.5 Å². The van der Waals surface area contributed by atoms with Crippen LogP contribution in [-0.4, -0.2) is 45.1 Å². The second kappa shape index (κ2) is 14.9. The lowest BCUT2D eigenvalue weighted by Crippen LogP contribution is -2.29. The van der Waals surface area contributed by atoms with Crippen LogP contribution < -0.4 is 9.80 Å². The SMILES string of the molecule is Oc1ccc2ccc(O)c(/N=N/c3nc(N(Cc4ccccn4)Cc4ccccn4)nc(N(Cc4ccccn4)Cc4ccccn4)n3)c2c1. The van der Waals surface area contributed by atoms with Crippen molar-refractivity contribution in [3.8, 4) is 11.5 Å². The molecule has 0 spiro atoms. The molecule has 0 saturated carbocycles. The molecular formula is C37H31N11O2. The second-order valence-corrected chi connectivity index (χ2v) is 11.3. The molecule has 2 aromatic carbocycles. The number of rotatable bonds is 12. The van der Waals surface area contributed by atoms with Crippen molar-refractivity contribution in [1.82, 2.24) is 34.9 Å². The van der Waals surface area contributed by atoms with E-state index in [4.69, 9.17) is 15.0 Å². The molecule has 0 atom stereocenters. The molecule has 2 N–H and O–H groups in total. The normalized spacial score (nSPS) is 11.2. The Bertz CT molecular complexity index is 2020. The Morgan fingerprint density at radius 1 is 0.500 bits per heavy atom. The summed E-state index contributed by atoms with van der Waals surface area (Å²) >= 11 is 0. The van der Waals surface area contributed by atoms with Crippen molar-refractivity contribution in [1.29, 1.82) is 0 Å². The third-order valence-corrected chi connectivity index (χ3v) is 7.68. The van der Waals surface area contributed by atoms with Crippen molar-refractivity contribution in [2.24, 2.45) is 10.2 Å². The fourth-order valence-electron chi connectivity index (χ4n) is 5.29. The summed E-state index contributed by atoms with van der Waals surface area (Å²) in [7, 11) is 0. The maximum atomic E-state index is 10.8. The molecule has 0 amide bonds. The first-order valence-electron chi connectivity index (χ1n) is 15.8. The van der Waals surface area contributed by atoms with Gasteiger partial charge in [0.25, 0.3) is 5.95 Å². The maximum Gasteiger partial charge on any atom is 0.275 e. The zero-order valence-electron chi connectivity index (χ0n) is 26.8. The molecule has 0 aliphatic rings. The van der Waals surface area contributed by atoms with Crippen LogP contribution in [0.15, 0.2) is 138 Å². The molecule has 0 fully saturated rings. The highest BCUT2D eigenvalue weighted by atomic mass is 16.3. The van der Waals surface area contributed by atoms with Gasteiger partial charge in [-0.25, -0.2) is 0 Å². The molecule has 246 valence electrons. The van der Waals surface area contributed by atoms with Crippen molar-refractivity contribution in [2.45, 2.75) is 26.2 Å². The molecule has 7 aromatic rings. The predicted octanol–water partition coefficient (Wildman–Crippen LogP) is 6.85. The van der Waals surface area contributed by atoms with Crippen molar-refractivity contribution in [3.05, 3.63) is 151 Å². The number of aromatic nitrogens is 7. The van der Waals surface area contributed by atoms with Gasteiger partial charge in [-0.1, -0.05) is 36.4 Å². The van der Waals surface area contributed by atoms with Crippen LogP contribution in [-0.2, 0) is 26.2 Å². The number of nitrogens with zero attached hydrogens (tertiary/aromatic N) is 11. The van der Waals surface area contributed by atoms with E-state index in [-0.39, 0.29) is 23.1 Å². The number of fused-ring (bicyclic) bond motifs is 1. The molecule has 0 saturated heterocycles. The van der Waals surface area contributed by atoms with Crippen LogP contribution in [0.2, 0.25) is 0 Å². The highest BCUT2D eigenvalue weighted by Crippen LogP contribution is 2.37. The van der Waals surface area contributed by atoms with Gasteiger partial charge in [-0.15, -0.1) is 10.2 Å². The molecular weight excluding hydrogens is 630 g/mol. The van der Waals surface area contributed by atoms with Gasteiger partial charge in [-0.05, 0) is 72.1 Å². The Labute approximate surface area is 287 Å². The summed E-state index contributed by atoms with van der Waals surface area (Å²) in [5.41, 5.74) is 3.36. The quantitative estimate of drug-likeness (QED) is 0.132. The first-order chi connectivity index (χ1) is 24.6. The standard InChI is InChI=1S/C37H31N11O2/c49-31-15-13-26-14-16-33(50)34(32(26)21-31)45-46-35-42-36(47(22-27-9-1-5-17-38-27)23-28-10-2-6-18-39-28)44-37(43-35)48(24-29-11-3-7-19-40-29)25-30-12-4-8-20-41-30/h1-21,49-50H,22-25H2/b46-45+. The highest BCUT2D eigenvalue weighted by molar-refractivity contribution is 5.96. The van der Waals surface area contributed by atoms with Gasteiger partial charge in [-0.2, -0.15) is 15.0 Å². The molecule has 13 heteroatoms. The molecule has 5 heterocycles.